The van der Waals surface area contributed by atoms with Crippen LogP contribution in [-0.4, -0.2) is 40.4 Å². The molecule has 1 N–H and O–H groups in total. The summed E-state index contributed by atoms with van der Waals surface area (Å²) in [6.45, 7) is 2.28. The monoisotopic (exact) mass is 190 g/mol. The standard InChI is InChI=1S/C9H17NO3/c1-8(2,3)13-7(11)10-5-9(4,12)6-10/h12H,5-6H2,1-4H3/i4D3. The highest BCUT2D eigenvalue weighted by molar-refractivity contribution is 5.69. The van der Waals surface area contributed by atoms with Crippen LogP contribution in [0.1, 0.15) is 31.7 Å². The summed E-state index contributed by atoms with van der Waals surface area (Å²) < 4.78 is 26.3. The van der Waals surface area contributed by atoms with Gasteiger partial charge >= 0.3 is 6.09 Å². The van der Waals surface area contributed by atoms with Crippen LogP contribution in [0, 0.1) is 0 Å². The number of amides is 1. The number of likely N-dealkylation sites (tertiary alicyclic amines) is 1. The zero-order valence-electron chi connectivity index (χ0n) is 11.1. The fourth-order valence-corrected chi connectivity index (χ4v) is 1.04. The summed E-state index contributed by atoms with van der Waals surface area (Å²) in [4.78, 5) is 12.6. The molecule has 0 saturated carbocycles. The molecule has 0 spiro atoms. The summed E-state index contributed by atoms with van der Waals surface area (Å²) in [6.07, 6.45) is -0.596. The zero-order valence-corrected chi connectivity index (χ0v) is 8.13. The van der Waals surface area contributed by atoms with Gasteiger partial charge in [0.25, 0.3) is 0 Å². The Morgan fingerprint density at radius 2 is 2.15 bits per heavy atom. The van der Waals surface area contributed by atoms with E-state index in [1.165, 1.54) is 4.90 Å². The van der Waals surface area contributed by atoms with E-state index in [9.17, 15) is 9.90 Å². The van der Waals surface area contributed by atoms with Gasteiger partial charge in [-0.1, -0.05) is 0 Å². The predicted octanol–water partition coefficient (Wildman–Crippen LogP) is 0.988. The minimum atomic E-state index is -2.47. The smallest absolute Gasteiger partial charge is 0.410 e. The third kappa shape index (κ3) is 2.88. The lowest BCUT2D eigenvalue weighted by Gasteiger charge is -2.44. The van der Waals surface area contributed by atoms with Crippen molar-refractivity contribution >= 4 is 6.09 Å². The Bertz CT molecular complexity index is 289. The quantitative estimate of drug-likeness (QED) is 0.619. The van der Waals surface area contributed by atoms with Crippen molar-refractivity contribution in [1.82, 2.24) is 4.90 Å². The molecule has 13 heavy (non-hydrogen) atoms. The first kappa shape index (κ1) is 6.65. The molecule has 76 valence electrons. The maximum atomic E-state index is 11.5. The minimum Gasteiger partial charge on any atom is -0.444 e. The summed E-state index contributed by atoms with van der Waals surface area (Å²) in [5.41, 5.74) is -2.41. The number of carbonyl (C=O) groups is 1. The number of β-amino-alcohol motifs (C(OH)–C–C–N with tert-alkyl or cyclic N) is 1. The van der Waals surface area contributed by atoms with Gasteiger partial charge in [-0.3, -0.25) is 0 Å². The van der Waals surface area contributed by atoms with E-state index in [0.29, 0.717) is 0 Å². The largest absolute Gasteiger partial charge is 0.444 e. The van der Waals surface area contributed by atoms with E-state index in [1.54, 1.807) is 20.8 Å². The Morgan fingerprint density at radius 1 is 1.62 bits per heavy atom. The Balaban J connectivity index is 2.51. The van der Waals surface area contributed by atoms with Crippen molar-refractivity contribution < 1.29 is 18.8 Å². The van der Waals surface area contributed by atoms with E-state index >= 15 is 0 Å². The van der Waals surface area contributed by atoms with E-state index in [4.69, 9.17) is 8.85 Å². The van der Waals surface area contributed by atoms with E-state index in [1.807, 2.05) is 0 Å². The Labute approximate surface area is 82.7 Å². The maximum absolute atomic E-state index is 11.5. The first-order valence-corrected chi connectivity index (χ1v) is 4.15. The number of nitrogens with zero attached hydrogens (tertiary/aromatic N) is 1. The number of rotatable bonds is 0. The van der Waals surface area contributed by atoms with Crippen molar-refractivity contribution in [2.24, 2.45) is 0 Å². The van der Waals surface area contributed by atoms with E-state index in [2.05, 4.69) is 0 Å². The zero-order chi connectivity index (χ0) is 12.8. The summed E-state index contributed by atoms with van der Waals surface area (Å²) in [6, 6.07) is 0. The average molecular weight is 190 g/mol. The highest BCUT2D eigenvalue weighted by Gasteiger charge is 2.41. The number of hydrogen-bond donors (Lipinski definition) is 1. The molecule has 1 fully saturated rings. The molecule has 1 aliphatic heterocycles. The SMILES string of the molecule is [2H]C([2H])([2H])C1(O)CN(C(=O)OC(C)(C)C)C1. The first-order valence-electron chi connectivity index (χ1n) is 5.65. The van der Waals surface area contributed by atoms with Gasteiger partial charge < -0.3 is 14.7 Å². The molecule has 0 bridgehead atoms. The molecule has 1 heterocycles. The highest BCUT2D eigenvalue weighted by atomic mass is 16.6. The van der Waals surface area contributed by atoms with Gasteiger partial charge in [0.1, 0.15) is 5.60 Å². The van der Waals surface area contributed by atoms with E-state index in [-0.39, 0.29) is 13.1 Å². The van der Waals surface area contributed by atoms with Crippen LogP contribution in [0.2, 0.25) is 0 Å². The van der Waals surface area contributed by atoms with Crippen LogP contribution in [-0.2, 0) is 4.74 Å². The van der Waals surface area contributed by atoms with Crippen LogP contribution >= 0.6 is 0 Å². The van der Waals surface area contributed by atoms with Gasteiger partial charge in [0.05, 0.1) is 18.7 Å². The minimum absolute atomic E-state index is 0.210. The Morgan fingerprint density at radius 3 is 2.54 bits per heavy atom. The van der Waals surface area contributed by atoms with Gasteiger partial charge in [-0.15, -0.1) is 0 Å². The lowest BCUT2D eigenvalue weighted by atomic mass is 9.98. The van der Waals surface area contributed by atoms with Crippen LogP contribution in [0.3, 0.4) is 0 Å². The van der Waals surface area contributed by atoms with Gasteiger partial charge in [-0.25, -0.2) is 4.79 Å². The van der Waals surface area contributed by atoms with Crippen molar-refractivity contribution in [2.75, 3.05) is 13.1 Å². The summed E-state index contributed by atoms with van der Waals surface area (Å²) in [5, 5.41) is 9.65. The van der Waals surface area contributed by atoms with Gasteiger partial charge in [0.2, 0.25) is 0 Å². The van der Waals surface area contributed by atoms with Crippen LogP contribution < -0.4 is 0 Å². The Kier molecular flexibility index (Phi) is 1.47. The second-order valence-corrected chi connectivity index (χ2v) is 4.37. The third-order valence-electron chi connectivity index (χ3n) is 1.56. The van der Waals surface area contributed by atoms with Crippen LogP contribution in [0.25, 0.3) is 0 Å². The lowest BCUT2D eigenvalue weighted by Crippen LogP contribution is -2.62. The molecule has 4 nitrogen and oxygen atoms in total. The third-order valence-corrected chi connectivity index (χ3v) is 1.56. The van der Waals surface area contributed by atoms with Gasteiger partial charge in [0, 0.05) is 4.11 Å². The van der Waals surface area contributed by atoms with Gasteiger partial charge in [-0.2, -0.15) is 0 Å². The van der Waals surface area contributed by atoms with Crippen molar-refractivity contribution in [2.45, 2.75) is 38.8 Å². The predicted molar refractivity (Wildman–Crippen MR) is 48.4 cm³/mol. The molecule has 0 atom stereocenters. The number of aliphatic hydroxyl groups is 1. The topological polar surface area (TPSA) is 49.8 Å². The van der Waals surface area contributed by atoms with E-state index in [0.717, 1.165) is 0 Å². The molecule has 1 aliphatic rings. The van der Waals surface area contributed by atoms with Gasteiger partial charge in [-0.05, 0) is 27.6 Å². The summed E-state index contributed by atoms with van der Waals surface area (Å²) in [7, 11) is 0. The number of hydrogen-bond acceptors (Lipinski definition) is 3. The fraction of sp³-hybridized carbons (Fsp3) is 0.889. The summed E-state index contributed by atoms with van der Waals surface area (Å²) >= 11 is 0. The van der Waals surface area contributed by atoms with Crippen molar-refractivity contribution in [3.8, 4) is 0 Å². The molecule has 1 amide bonds. The van der Waals surface area contributed by atoms with Crippen molar-refractivity contribution in [1.29, 1.82) is 0 Å². The highest BCUT2D eigenvalue weighted by Crippen LogP contribution is 2.22. The molecular weight excluding hydrogens is 170 g/mol. The molecule has 0 aliphatic carbocycles. The molecule has 0 radical (unpaired) electrons. The number of carbonyl (C=O) groups excluding carboxylic acids is 1. The number of ether oxygens (including phenoxy) is 1. The second-order valence-electron chi connectivity index (χ2n) is 4.37. The normalized spacial score (nSPS) is 25.2. The molecule has 1 saturated heterocycles. The second kappa shape index (κ2) is 2.87. The molecule has 1 rings (SSSR count). The molecule has 0 aromatic rings. The molecular formula is C9H17NO3. The lowest BCUT2D eigenvalue weighted by molar-refractivity contribution is -0.0864. The first-order chi connectivity index (χ1) is 6.95. The average Bonchev–Trinajstić information content (AvgIpc) is 1.92. The Hall–Kier alpha value is -0.770. The van der Waals surface area contributed by atoms with E-state index < -0.39 is 24.1 Å². The molecule has 0 aromatic carbocycles. The maximum Gasteiger partial charge on any atom is 0.410 e. The molecule has 0 aromatic heterocycles. The summed E-state index contributed by atoms with van der Waals surface area (Å²) in [5.74, 6) is 0. The van der Waals surface area contributed by atoms with Crippen LogP contribution in [0.15, 0.2) is 0 Å². The fourth-order valence-electron chi connectivity index (χ4n) is 1.04. The molecule has 0 unspecified atom stereocenters. The van der Waals surface area contributed by atoms with Crippen LogP contribution in [0.4, 0.5) is 4.79 Å². The molecule has 4 heteroatoms. The van der Waals surface area contributed by atoms with Crippen molar-refractivity contribution in [3.63, 3.8) is 0 Å². The van der Waals surface area contributed by atoms with Crippen LogP contribution in [0.5, 0.6) is 0 Å². The van der Waals surface area contributed by atoms with Gasteiger partial charge in [0.15, 0.2) is 0 Å². The van der Waals surface area contributed by atoms with Crippen molar-refractivity contribution in [3.05, 3.63) is 0 Å².